The maximum Gasteiger partial charge on any atom is 0.191 e. The molecule has 2 atom stereocenters. The number of hydrogen-bond donors (Lipinski definition) is 2. The van der Waals surface area contributed by atoms with E-state index in [2.05, 4.69) is 55.6 Å². The summed E-state index contributed by atoms with van der Waals surface area (Å²) in [4.78, 5) is 4.78. The van der Waals surface area contributed by atoms with Gasteiger partial charge >= 0.3 is 0 Å². The third-order valence-corrected chi connectivity index (χ3v) is 4.65. The molecule has 0 aliphatic rings. The van der Waals surface area contributed by atoms with Crippen LogP contribution in [-0.2, 0) is 0 Å². The van der Waals surface area contributed by atoms with Crippen molar-refractivity contribution in [2.75, 3.05) is 20.2 Å². The largest absolute Gasteiger partial charge is 0.496 e. The Morgan fingerprint density at radius 1 is 1.25 bits per heavy atom. The van der Waals surface area contributed by atoms with Crippen molar-refractivity contribution in [3.05, 3.63) is 46.3 Å². The summed E-state index contributed by atoms with van der Waals surface area (Å²) in [6.45, 7) is 13.8. The summed E-state index contributed by atoms with van der Waals surface area (Å²) in [5.74, 6) is 2.76. The maximum absolute atomic E-state index is 5.52. The topological polar surface area (TPSA) is 71.7 Å². The average Bonchev–Trinajstić information content (AvgIpc) is 2.98. The Morgan fingerprint density at radius 3 is 2.54 bits per heavy atom. The molecule has 2 unspecified atom stereocenters. The lowest BCUT2D eigenvalue weighted by molar-refractivity contribution is 0.391. The van der Waals surface area contributed by atoms with Gasteiger partial charge in [-0.15, -0.1) is 24.0 Å². The normalized spacial score (nSPS) is 13.5. The highest BCUT2D eigenvalue weighted by Crippen LogP contribution is 2.26. The number of halogens is 1. The van der Waals surface area contributed by atoms with Gasteiger partial charge in [0.2, 0.25) is 0 Å². The average molecular weight is 500 g/mol. The second-order valence-corrected chi connectivity index (χ2v) is 6.97. The molecule has 1 aromatic carbocycles. The van der Waals surface area contributed by atoms with E-state index in [9.17, 15) is 0 Å². The molecule has 0 saturated heterocycles. The van der Waals surface area contributed by atoms with Gasteiger partial charge in [0.1, 0.15) is 11.5 Å². The fraction of sp³-hybridized carbons (Fsp3) is 0.524. The number of methoxy groups -OCH3 is 1. The van der Waals surface area contributed by atoms with Gasteiger partial charge in [0, 0.05) is 30.1 Å². The molecule has 7 heteroatoms. The van der Waals surface area contributed by atoms with Crippen molar-refractivity contribution < 1.29 is 9.26 Å². The van der Waals surface area contributed by atoms with Crippen molar-refractivity contribution in [1.29, 1.82) is 0 Å². The van der Waals surface area contributed by atoms with Crippen LogP contribution in [0.15, 0.2) is 27.7 Å². The number of aryl methyl sites for hydroxylation is 3. The number of hydrogen-bond acceptors (Lipinski definition) is 4. The number of ether oxygens (including phenoxy) is 1. The van der Waals surface area contributed by atoms with Crippen LogP contribution < -0.4 is 15.4 Å². The molecule has 0 aliphatic heterocycles. The number of guanidine groups is 1. The Morgan fingerprint density at radius 2 is 1.96 bits per heavy atom. The number of benzene rings is 1. The van der Waals surface area contributed by atoms with Crippen LogP contribution in [-0.4, -0.2) is 31.3 Å². The zero-order chi connectivity index (χ0) is 20.0. The minimum atomic E-state index is 0. The minimum absolute atomic E-state index is 0. The number of nitrogens with one attached hydrogen (secondary N) is 2. The van der Waals surface area contributed by atoms with E-state index in [0.717, 1.165) is 40.8 Å². The lowest BCUT2D eigenvalue weighted by atomic mass is 10.00. The van der Waals surface area contributed by atoms with Gasteiger partial charge in [-0.25, -0.2) is 0 Å². The van der Waals surface area contributed by atoms with E-state index in [-0.39, 0.29) is 35.9 Å². The van der Waals surface area contributed by atoms with E-state index in [1.807, 2.05) is 19.9 Å². The Bertz CT molecular complexity index is 769. The highest BCUT2D eigenvalue weighted by atomic mass is 127. The molecular weight excluding hydrogens is 467 g/mol. The molecule has 0 fully saturated rings. The second-order valence-electron chi connectivity index (χ2n) is 6.97. The molecule has 156 valence electrons. The van der Waals surface area contributed by atoms with E-state index in [1.54, 1.807) is 7.11 Å². The summed E-state index contributed by atoms with van der Waals surface area (Å²) in [5, 5.41) is 10.9. The summed E-state index contributed by atoms with van der Waals surface area (Å²) >= 11 is 0. The predicted molar refractivity (Wildman–Crippen MR) is 125 cm³/mol. The lowest BCUT2D eigenvalue weighted by Crippen LogP contribution is -2.39. The van der Waals surface area contributed by atoms with Crippen LogP contribution in [0.4, 0.5) is 0 Å². The van der Waals surface area contributed by atoms with E-state index in [4.69, 9.17) is 14.3 Å². The Kier molecular flexibility index (Phi) is 9.78. The summed E-state index contributed by atoms with van der Waals surface area (Å²) in [6, 6.07) is 6.27. The van der Waals surface area contributed by atoms with Crippen LogP contribution in [0.3, 0.4) is 0 Å². The van der Waals surface area contributed by atoms with Crippen molar-refractivity contribution in [2.45, 2.75) is 53.5 Å². The molecule has 0 amide bonds. The molecule has 1 heterocycles. The molecule has 2 aromatic rings. The van der Waals surface area contributed by atoms with Crippen molar-refractivity contribution in [3.63, 3.8) is 0 Å². The molecule has 2 N–H and O–H groups in total. The molecule has 28 heavy (non-hydrogen) atoms. The number of aromatic nitrogens is 1. The zero-order valence-electron chi connectivity index (χ0n) is 17.9. The Balaban J connectivity index is 0.00000392. The first kappa shape index (κ1) is 24.3. The van der Waals surface area contributed by atoms with Gasteiger partial charge in [-0.2, -0.15) is 0 Å². The Hall–Kier alpha value is -1.77. The molecule has 0 aliphatic carbocycles. The molecule has 6 nitrogen and oxygen atoms in total. The number of nitrogens with zero attached hydrogens (tertiary/aromatic N) is 2. The fourth-order valence-corrected chi connectivity index (χ4v) is 3.31. The van der Waals surface area contributed by atoms with Gasteiger partial charge in [-0.05, 0) is 40.7 Å². The summed E-state index contributed by atoms with van der Waals surface area (Å²) in [7, 11) is 1.70. The third-order valence-electron chi connectivity index (χ3n) is 4.65. The second kappa shape index (κ2) is 11.3. The van der Waals surface area contributed by atoms with E-state index >= 15 is 0 Å². The van der Waals surface area contributed by atoms with Crippen LogP contribution in [0, 0.1) is 20.8 Å². The van der Waals surface area contributed by atoms with Crippen LogP contribution in [0.25, 0.3) is 0 Å². The van der Waals surface area contributed by atoms with Gasteiger partial charge in [0.25, 0.3) is 0 Å². The molecule has 1 aromatic heterocycles. The molecule has 0 radical (unpaired) electrons. The first-order valence-electron chi connectivity index (χ1n) is 9.49. The molecule has 2 rings (SSSR count). The summed E-state index contributed by atoms with van der Waals surface area (Å²) < 4.78 is 10.8. The summed E-state index contributed by atoms with van der Waals surface area (Å²) in [5.41, 5.74) is 4.39. The third kappa shape index (κ3) is 6.12. The highest BCUT2D eigenvalue weighted by Gasteiger charge is 2.17. The van der Waals surface area contributed by atoms with Crippen LogP contribution in [0.1, 0.15) is 60.9 Å². The molecule has 0 spiro atoms. The van der Waals surface area contributed by atoms with Gasteiger partial charge in [-0.1, -0.05) is 29.8 Å². The van der Waals surface area contributed by atoms with E-state index in [1.165, 1.54) is 5.56 Å². The van der Waals surface area contributed by atoms with Crippen molar-refractivity contribution >= 4 is 29.9 Å². The smallest absolute Gasteiger partial charge is 0.191 e. The molecule has 0 saturated carbocycles. The van der Waals surface area contributed by atoms with Crippen LogP contribution >= 0.6 is 24.0 Å². The SMILES string of the molecule is CCNC(=NCC(C)c1c(C)noc1C)NC(C)c1cc(C)ccc1OC.I. The van der Waals surface area contributed by atoms with E-state index < -0.39 is 0 Å². The van der Waals surface area contributed by atoms with E-state index in [0.29, 0.717) is 6.54 Å². The van der Waals surface area contributed by atoms with Gasteiger partial charge in [-0.3, -0.25) is 4.99 Å². The predicted octanol–water partition coefficient (Wildman–Crippen LogP) is 4.65. The van der Waals surface area contributed by atoms with Crippen molar-refractivity contribution in [3.8, 4) is 5.75 Å². The summed E-state index contributed by atoms with van der Waals surface area (Å²) in [6.07, 6.45) is 0. The maximum atomic E-state index is 5.52. The minimum Gasteiger partial charge on any atom is -0.496 e. The van der Waals surface area contributed by atoms with Crippen molar-refractivity contribution in [1.82, 2.24) is 15.8 Å². The lowest BCUT2D eigenvalue weighted by Gasteiger charge is -2.21. The fourth-order valence-electron chi connectivity index (χ4n) is 3.31. The van der Waals surface area contributed by atoms with Gasteiger partial charge in [0.05, 0.1) is 18.8 Å². The number of aliphatic imine (C=N–C) groups is 1. The van der Waals surface area contributed by atoms with Crippen LogP contribution in [0.5, 0.6) is 5.75 Å². The highest BCUT2D eigenvalue weighted by molar-refractivity contribution is 14.0. The monoisotopic (exact) mass is 500 g/mol. The first-order chi connectivity index (χ1) is 12.9. The van der Waals surface area contributed by atoms with Crippen LogP contribution in [0.2, 0.25) is 0 Å². The quantitative estimate of drug-likeness (QED) is 0.329. The zero-order valence-corrected chi connectivity index (χ0v) is 20.3. The molecular formula is C21H33IN4O2. The van der Waals surface area contributed by atoms with Gasteiger partial charge < -0.3 is 19.9 Å². The first-order valence-corrected chi connectivity index (χ1v) is 9.49. The molecule has 0 bridgehead atoms. The number of rotatable bonds is 7. The van der Waals surface area contributed by atoms with Gasteiger partial charge in [0.15, 0.2) is 5.96 Å². The standard InChI is InChI=1S/C21H32N4O2.HI/c1-8-22-21(23-12-14(3)20-16(5)25-27-17(20)6)24-15(4)18-11-13(2)9-10-19(18)26-7;/h9-11,14-15H,8,12H2,1-7H3,(H2,22,23,24);1H. The van der Waals surface area contributed by atoms with Crippen molar-refractivity contribution in [2.24, 2.45) is 4.99 Å². The Labute approximate surface area is 185 Å².